The van der Waals surface area contributed by atoms with Crippen LogP contribution in [0.15, 0.2) is 41.1 Å². The van der Waals surface area contributed by atoms with Gasteiger partial charge in [0.05, 0.1) is 25.3 Å². The predicted molar refractivity (Wildman–Crippen MR) is 81.5 cm³/mol. The molecule has 5 rings (SSSR count). The number of halogens is 1. The van der Waals surface area contributed by atoms with Gasteiger partial charge in [-0.05, 0) is 18.9 Å². The molecule has 0 N–H and O–H groups in total. The van der Waals surface area contributed by atoms with Crippen LogP contribution in [0.25, 0.3) is 0 Å². The number of nitrogens with zero attached hydrogens (tertiary/aromatic N) is 3. The van der Waals surface area contributed by atoms with Crippen LogP contribution < -0.4 is 4.90 Å². The molecule has 1 aromatic carbocycles. The van der Waals surface area contributed by atoms with Gasteiger partial charge in [0, 0.05) is 5.56 Å². The van der Waals surface area contributed by atoms with Crippen molar-refractivity contribution in [3.8, 4) is 0 Å². The van der Waals surface area contributed by atoms with Crippen LogP contribution >= 0.6 is 0 Å². The molecule has 0 radical (unpaired) electrons. The zero-order chi connectivity index (χ0) is 16.3. The number of carbonyl (C=O) groups is 1. The SMILES string of the molecule is O=C1N2[C@@H](CC[C@H]2c2ccccc2F)OC12CN(c1ncco1)C2. The lowest BCUT2D eigenvalue weighted by molar-refractivity contribution is -0.141. The van der Waals surface area contributed by atoms with E-state index in [4.69, 9.17) is 9.15 Å². The quantitative estimate of drug-likeness (QED) is 0.844. The summed E-state index contributed by atoms with van der Waals surface area (Å²) in [7, 11) is 0. The Labute approximate surface area is 137 Å². The standard InChI is InChI=1S/C17H16FN3O3/c18-12-4-2-1-3-11(12)13-5-6-14-21(13)15(22)17(24-14)9-20(10-17)16-19-7-8-23-16/h1-4,7-8,13-14H,5-6,9-10H2/t13-,14+/m0/s1. The highest BCUT2D eigenvalue weighted by molar-refractivity contribution is 5.91. The van der Waals surface area contributed by atoms with Crippen LogP contribution in [-0.4, -0.2) is 40.7 Å². The van der Waals surface area contributed by atoms with Crippen LogP contribution in [0.5, 0.6) is 0 Å². The zero-order valence-corrected chi connectivity index (χ0v) is 12.9. The molecular formula is C17H16FN3O3. The largest absolute Gasteiger partial charge is 0.432 e. The number of anilines is 1. The highest BCUT2D eigenvalue weighted by Crippen LogP contribution is 2.48. The van der Waals surface area contributed by atoms with E-state index in [1.807, 2.05) is 4.90 Å². The van der Waals surface area contributed by atoms with Crippen molar-refractivity contribution in [1.29, 1.82) is 0 Å². The molecule has 1 aromatic heterocycles. The second-order valence-corrected chi connectivity index (χ2v) is 6.56. The van der Waals surface area contributed by atoms with Gasteiger partial charge in [-0.3, -0.25) is 4.79 Å². The lowest BCUT2D eigenvalue weighted by Gasteiger charge is -2.44. The maximum atomic E-state index is 14.2. The monoisotopic (exact) mass is 329 g/mol. The molecule has 24 heavy (non-hydrogen) atoms. The maximum Gasteiger partial charge on any atom is 0.297 e. The molecule has 2 aromatic rings. The van der Waals surface area contributed by atoms with Gasteiger partial charge in [0.15, 0.2) is 5.60 Å². The Morgan fingerprint density at radius 1 is 1.25 bits per heavy atom. The number of amides is 1. The number of hydrogen-bond acceptors (Lipinski definition) is 5. The van der Waals surface area contributed by atoms with Gasteiger partial charge in [0.1, 0.15) is 18.3 Å². The van der Waals surface area contributed by atoms with Crippen molar-refractivity contribution in [2.75, 3.05) is 18.0 Å². The molecule has 7 heteroatoms. The molecule has 6 nitrogen and oxygen atoms in total. The third kappa shape index (κ3) is 1.78. The molecule has 0 bridgehead atoms. The fourth-order valence-electron chi connectivity index (χ4n) is 4.05. The normalized spacial score (nSPS) is 27.6. The number of benzene rings is 1. The van der Waals surface area contributed by atoms with E-state index in [-0.39, 0.29) is 24.0 Å². The van der Waals surface area contributed by atoms with E-state index in [1.54, 1.807) is 29.3 Å². The third-order valence-corrected chi connectivity index (χ3v) is 5.17. The second-order valence-electron chi connectivity index (χ2n) is 6.56. The third-order valence-electron chi connectivity index (χ3n) is 5.17. The Hall–Kier alpha value is -2.41. The summed E-state index contributed by atoms with van der Waals surface area (Å²) in [6, 6.07) is 6.90. The summed E-state index contributed by atoms with van der Waals surface area (Å²) in [5.41, 5.74) is -0.277. The number of aromatic nitrogens is 1. The molecule has 3 aliphatic rings. The van der Waals surface area contributed by atoms with Crippen molar-refractivity contribution in [1.82, 2.24) is 9.88 Å². The smallest absolute Gasteiger partial charge is 0.297 e. The van der Waals surface area contributed by atoms with Crippen molar-refractivity contribution in [2.24, 2.45) is 0 Å². The predicted octanol–water partition coefficient (Wildman–Crippen LogP) is 2.09. The van der Waals surface area contributed by atoms with Crippen molar-refractivity contribution in [2.45, 2.75) is 30.7 Å². The van der Waals surface area contributed by atoms with Gasteiger partial charge >= 0.3 is 0 Å². The molecule has 0 unspecified atom stereocenters. The van der Waals surface area contributed by atoms with E-state index >= 15 is 0 Å². The topological polar surface area (TPSA) is 58.8 Å². The Morgan fingerprint density at radius 3 is 2.83 bits per heavy atom. The molecule has 3 aliphatic heterocycles. The van der Waals surface area contributed by atoms with Gasteiger partial charge < -0.3 is 19.0 Å². The first-order chi connectivity index (χ1) is 11.7. The fourth-order valence-corrected chi connectivity index (χ4v) is 4.05. The average Bonchev–Trinajstić information content (AvgIpc) is 3.24. The summed E-state index contributed by atoms with van der Waals surface area (Å²) in [4.78, 5) is 20.7. The van der Waals surface area contributed by atoms with Gasteiger partial charge in [-0.15, -0.1) is 0 Å². The van der Waals surface area contributed by atoms with Crippen LogP contribution in [-0.2, 0) is 9.53 Å². The summed E-state index contributed by atoms with van der Waals surface area (Å²) in [6.07, 6.45) is 4.25. The number of carbonyl (C=O) groups excluding carboxylic acids is 1. The minimum atomic E-state index is -0.844. The van der Waals surface area contributed by atoms with Crippen LogP contribution in [0, 0.1) is 5.82 Å². The number of rotatable bonds is 2. The minimum Gasteiger partial charge on any atom is -0.432 e. The summed E-state index contributed by atoms with van der Waals surface area (Å²) < 4.78 is 25.5. The number of oxazole rings is 1. The van der Waals surface area contributed by atoms with Crippen molar-refractivity contribution in [3.05, 3.63) is 48.1 Å². The molecule has 2 atom stereocenters. The Balaban J connectivity index is 1.40. The fraction of sp³-hybridized carbons (Fsp3) is 0.412. The van der Waals surface area contributed by atoms with E-state index in [0.29, 0.717) is 24.7 Å². The summed E-state index contributed by atoms with van der Waals surface area (Å²) >= 11 is 0. The average molecular weight is 329 g/mol. The Morgan fingerprint density at radius 2 is 2.08 bits per heavy atom. The Bertz CT molecular complexity index is 788. The van der Waals surface area contributed by atoms with Gasteiger partial charge in [0.2, 0.25) is 0 Å². The summed E-state index contributed by atoms with van der Waals surface area (Å²) in [6.45, 7) is 0.840. The first-order valence-corrected chi connectivity index (χ1v) is 8.07. The van der Waals surface area contributed by atoms with Crippen molar-refractivity contribution < 1.29 is 18.3 Å². The number of ether oxygens (including phenoxy) is 1. The van der Waals surface area contributed by atoms with Crippen molar-refractivity contribution >= 4 is 11.9 Å². The van der Waals surface area contributed by atoms with Gasteiger partial charge in [-0.2, -0.15) is 0 Å². The number of fused-ring (bicyclic) bond motifs is 1. The van der Waals surface area contributed by atoms with Crippen LogP contribution in [0.2, 0.25) is 0 Å². The first kappa shape index (κ1) is 14.0. The number of hydrogen-bond donors (Lipinski definition) is 0. The van der Waals surface area contributed by atoms with Crippen molar-refractivity contribution in [3.63, 3.8) is 0 Å². The maximum absolute atomic E-state index is 14.2. The molecule has 124 valence electrons. The van der Waals surface area contributed by atoms with Crippen LogP contribution in [0.4, 0.5) is 10.4 Å². The highest BCUT2D eigenvalue weighted by Gasteiger charge is 2.63. The molecule has 4 heterocycles. The van der Waals surface area contributed by atoms with E-state index in [9.17, 15) is 9.18 Å². The van der Waals surface area contributed by atoms with E-state index in [2.05, 4.69) is 4.98 Å². The second kappa shape index (κ2) is 4.80. The summed E-state index contributed by atoms with van der Waals surface area (Å²) in [5, 5.41) is 0. The minimum absolute atomic E-state index is 0.0546. The zero-order valence-electron chi connectivity index (χ0n) is 12.9. The lowest BCUT2D eigenvalue weighted by Crippen LogP contribution is -2.66. The molecule has 1 spiro atoms. The van der Waals surface area contributed by atoms with E-state index < -0.39 is 5.60 Å². The Kier molecular flexibility index (Phi) is 2.79. The van der Waals surface area contributed by atoms with Crippen LogP contribution in [0.1, 0.15) is 24.4 Å². The van der Waals surface area contributed by atoms with Crippen LogP contribution in [0.3, 0.4) is 0 Å². The van der Waals surface area contributed by atoms with Gasteiger partial charge in [-0.25, -0.2) is 9.37 Å². The van der Waals surface area contributed by atoms with Gasteiger partial charge in [-0.1, -0.05) is 18.2 Å². The highest BCUT2D eigenvalue weighted by atomic mass is 19.1. The lowest BCUT2D eigenvalue weighted by atomic mass is 9.92. The summed E-state index contributed by atoms with van der Waals surface area (Å²) in [5.74, 6) is -0.326. The van der Waals surface area contributed by atoms with Gasteiger partial charge in [0.25, 0.3) is 11.9 Å². The molecule has 0 saturated carbocycles. The van der Waals surface area contributed by atoms with E-state index in [1.165, 1.54) is 12.3 Å². The molecular weight excluding hydrogens is 313 g/mol. The molecule has 1 amide bonds. The van der Waals surface area contributed by atoms with E-state index in [0.717, 1.165) is 12.8 Å². The molecule has 3 fully saturated rings. The molecule has 0 aliphatic carbocycles. The molecule has 3 saturated heterocycles. The first-order valence-electron chi connectivity index (χ1n) is 8.07.